The fourth-order valence-electron chi connectivity index (χ4n) is 3.11. The van der Waals surface area contributed by atoms with Crippen LogP contribution in [-0.2, 0) is 13.0 Å². The van der Waals surface area contributed by atoms with Crippen LogP contribution in [0.3, 0.4) is 0 Å². The fourth-order valence-corrected chi connectivity index (χ4v) is 3.11. The Hall–Kier alpha value is -4.14. The fraction of sp³-hybridized carbons (Fsp3) is 0.100. The van der Waals surface area contributed by atoms with Crippen LogP contribution >= 0.6 is 0 Å². The summed E-state index contributed by atoms with van der Waals surface area (Å²) in [4.78, 5) is 44.9. The second kappa shape index (κ2) is 7.47. The molecule has 0 aliphatic heterocycles. The van der Waals surface area contributed by atoms with Crippen LogP contribution in [0.1, 0.15) is 5.69 Å². The number of aryl methyl sites for hydroxylation is 1. The summed E-state index contributed by atoms with van der Waals surface area (Å²) >= 11 is 0. The Morgan fingerprint density at radius 3 is 2.38 bits per heavy atom. The second-order valence-electron chi connectivity index (χ2n) is 6.29. The molecule has 9 heteroatoms. The Morgan fingerprint density at radius 1 is 0.931 bits per heavy atom. The molecule has 0 fully saturated rings. The largest absolute Gasteiger partial charge is 0.337 e. The van der Waals surface area contributed by atoms with Crippen molar-refractivity contribution in [2.45, 2.75) is 13.0 Å². The van der Waals surface area contributed by atoms with E-state index in [9.17, 15) is 19.7 Å². The first-order chi connectivity index (χ1) is 14.1. The number of benzene rings is 1. The zero-order valence-electron chi connectivity index (χ0n) is 15.1. The highest BCUT2D eigenvalue weighted by molar-refractivity contribution is 5.75. The number of hydrogen-bond acceptors (Lipinski definition) is 6. The van der Waals surface area contributed by atoms with Gasteiger partial charge in [-0.05, 0) is 36.4 Å². The van der Waals surface area contributed by atoms with Gasteiger partial charge in [-0.3, -0.25) is 24.5 Å². The van der Waals surface area contributed by atoms with E-state index in [0.29, 0.717) is 12.1 Å². The van der Waals surface area contributed by atoms with Crippen molar-refractivity contribution in [1.82, 2.24) is 19.1 Å². The number of hydrogen-bond donors (Lipinski definition) is 0. The van der Waals surface area contributed by atoms with Crippen LogP contribution in [-0.4, -0.2) is 24.0 Å². The van der Waals surface area contributed by atoms with Crippen molar-refractivity contribution in [3.8, 4) is 5.69 Å². The Morgan fingerprint density at radius 2 is 1.69 bits per heavy atom. The zero-order chi connectivity index (χ0) is 20.4. The third-order valence-electron chi connectivity index (χ3n) is 4.53. The predicted octanol–water partition coefficient (Wildman–Crippen LogP) is 2.09. The molecule has 0 atom stereocenters. The number of rotatable bonds is 5. The number of nitro benzene ring substituents is 1. The van der Waals surface area contributed by atoms with Crippen LogP contribution in [0, 0.1) is 10.1 Å². The van der Waals surface area contributed by atoms with Crippen molar-refractivity contribution in [3.63, 3.8) is 0 Å². The van der Waals surface area contributed by atoms with Gasteiger partial charge in [0.05, 0.1) is 16.0 Å². The van der Waals surface area contributed by atoms with Crippen LogP contribution in [0.5, 0.6) is 0 Å². The Labute approximate surface area is 163 Å². The normalized spacial score (nSPS) is 10.9. The number of fused-ring (bicyclic) bond motifs is 1. The molecular weight excluding hydrogens is 374 g/mol. The lowest BCUT2D eigenvalue weighted by Gasteiger charge is -2.13. The maximum atomic E-state index is 13.2. The maximum Gasteiger partial charge on any atom is 0.337 e. The van der Waals surface area contributed by atoms with Gasteiger partial charge < -0.3 is 0 Å². The highest BCUT2D eigenvalue weighted by Crippen LogP contribution is 2.16. The van der Waals surface area contributed by atoms with Crippen LogP contribution in [0.15, 0.2) is 76.6 Å². The van der Waals surface area contributed by atoms with Gasteiger partial charge in [0, 0.05) is 43.2 Å². The quantitative estimate of drug-likeness (QED) is 0.381. The number of non-ortho nitro benzene ring substituents is 1. The molecule has 0 amide bonds. The van der Waals surface area contributed by atoms with Crippen molar-refractivity contribution < 1.29 is 4.92 Å². The molecule has 3 heterocycles. The summed E-state index contributed by atoms with van der Waals surface area (Å²) < 4.78 is 2.43. The van der Waals surface area contributed by atoms with E-state index in [1.165, 1.54) is 35.0 Å². The summed E-state index contributed by atoms with van der Waals surface area (Å²) in [6, 6.07) is 14.2. The summed E-state index contributed by atoms with van der Waals surface area (Å²) in [6.45, 7) is 0.145. The van der Waals surface area contributed by atoms with Gasteiger partial charge in [0.15, 0.2) is 5.65 Å². The second-order valence-corrected chi connectivity index (χ2v) is 6.29. The lowest BCUT2D eigenvalue weighted by molar-refractivity contribution is -0.384. The smallest absolute Gasteiger partial charge is 0.268 e. The van der Waals surface area contributed by atoms with E-state index in [1.807, 2.05) is 12.1 Å². The Kier molecular flexibility index (Phi) is 4.70. The highest BCUT2D eigenvalue weighted by Gasteiger charge is 2.16. The minimum atomic E-state index is -0.564. The first kappa shape index (κ1) is 18.2. The topological polar surface area (TPSA) is 113 Å². The van der Waals surface area contributed by atoms with Gasteiger partial charge in [0.1, 0.15) is 0 Å². The molecule has 4 rings (SSSR count). The van der Waals surface area contributed by atoms with E-state index in [1.54, 1.807) is 24.4 Å². The molecule has 1 aromatic carbocycles. The average Bonchev–Trinajstić information content (AvgIpc) is 2.75. The highest BCUT2D eigenvalue weighted by atomic mass is 16.6. The molecule has 144 valence electrons. The molecule has 29 heavy (non-hydrogen) atoms. The molecule has 0 N–H and O–H groups in total. The first-order valence-corrected chi connectivity index (χ1v) is 8.81. The van der Waals surface area contributed by atoms with Crippen molar-refractivity contribution in [3.05, 3.63) is 104 Å². The third-order valence-corrected chi connectivity index (χ3v) is 4.53. The molecule has 0 bridgehead atoms. The van der Waals surface area contributed by atoms with E-state index in [0.717, 1.165) is 10.3 Å². The molecule has 0 aliphatic carbocycles. The first-order valence-electron chi connectivity index (χ1n) is 8.81. The SMILES string of the molecule is O=c1c2cccnc2n(-c2ccc([N+](=O)[O-])cc2)c(=O)n1CCc1ccccn1. The average molecular weight is 389 g/mol. The van der Waals surface area contributed by atoms with Gasteiger partial charge in [0.25, 0.3) is 11.2 Å². The lowest BCUT2D eigenvalue weighted by atomic mass is 10.2. The molecule has 9 nitrogen and oxygen atoms in total. The molecule has 4 aromatic rings. The molecule has 0 saturated carbocycles. The van der Waals surface area contributed by atoms with Gasteiger partial charge in [-0.25, -0.2) is 14.3 Å². The lowest BCUT2D eigenvalue weighted by Crippen LogP contribution is -2.40. The standard InChI is InChI=1S/C20H15N5O4/c26-19-17-5-3-12-22-18(17)24(15-6-8-16(9-7-15)25(28)29)20(27)23(19)13-10-14-4-1-2-11-21-14/h1-9,11-12H,10,13H2. The van der Waals surface area contributed by atoms with E-state index in [4.69, 9.17) is 0 Å². The number of pyridine rings is 2. The summed E-state index contributed by atoms with van der Waals surface area (Å²) in [7, 11) is 0. The van der Waals surface area contributed by atoms with Crippen molar-refractivity contribution >= 4 is 16.7 Å². The van der Waals surface area contributed by atoms with Crippen LogP contribution in [0.25, 0.3) is 16.7 Å². The Bertz CT molecular complexity index is 1310. The number of aromatic nitrogens is 4. The van der Waals surface area contributed by atoms with Gasteiger partial charge in [0.2, 0.25) is 0 Å². The molecule has 0 saturated heterocycles. The molecular formula is C20H15N5O4. The summed E-state index contributed by atoms with van der Waals surface area (Å²) in [6.07, 6.45) is 3.54. The van der Waals surface area contributed by atoms with Crippen LogP contribution in [0.2, 0.25) is 0 Å². The number of nitrogens with zero attached hydrogens (tertiary/aromatic N) is 5. The van der Waals surface area contributed by atoms with E-state index >= 15 is 0 Å². The van der Waals surface area contributed by atoms with E-state index in [2.05, 4.69) is 9.97 Å². The van der Waals surface area contributed by atoms with E-state index in [-0.39, 0.29) is 23.3 Å². The molecule has 0 aliphatic rings. The molecule has 0 radical (unpaired) electrons. The van der Waals surface area contributed by atoms with Gasteiger partial charge in [-0.15, -0.1) is 0 Å². The molecule has 0 unspecified atom stereocenters. The van der Waals surface area contributed by atoms with Crippen molar-refractivity contribution in [1.29, 1.82) is 0 Å². The van der Waals surface area contributed by atoms with Crippen LogP contribution in [0.4, 0.5) is 5.69 Å². The molecule has 3 aromatic heterocycles. The predicted molar refractivity (Wildman–Crippen MR) is 106 cm³/mol. The van der Waals surface area contributed by atoms with Gasteiger partial charge >= 0.3 is 5.69 Å². The third kappa shape index (κ3) is 3.41. The summed E-state index contributed by atoms with van der Waals surface area (Å²) in [5.74, 6) is 0. The maximum absolute atomic E-state index is 13.2. The van der Waals surface area contributed by atoms with E-state index < -0.39 is 16.2 Å². The van der Waals surface area contributed by atoms with Gasteiger partial charge in [-0.1, -0.05) is 6.07 Å². The Balaban J connectivity index is 1.88. The minimum Gasteiger partial charge on any atom is -0.268 e. The number of nitro groups is 1. The molecule has 0 spiro atoms. The van der Waals surface area contributed by atoms with Crippen molar-refractivity contribution in [2.75, 3.05) is 0 Å². The zero-order valence-corrected chi connectivity index (χ0v) is 15.1. The summed E-state index contributed by atoms with van der Waals surface area (Å²) in [5.41, 5.74) is 0.244. The van der Waals surface area contributed by atoms with Gasteiger partial charge in [-0.2, -0.15) is 0 Å². The minimum absolute atomic E-state index is 0.0949. The monoisotopic (exact) mass is 389 g/mol. The van der Waals surface area contributed by atoms with Crippen molar-refractivity contribution in [2.24, 2.45) is 0 Å². The van der Waals surface area contributed by atoms with Crippen LogP contribution < -0.4 is 11.2 Å². The summed E-state index contributed by atoms with van der Waals surface area (Å²) in [5, 5.41) is 11.2.